The molecule has 2 fully saturated rings. The Labute approximate surface area is 168 Å². The largest absolute Gasteiger partial charge is 0.471 e. The van der Waals surface area contributed by atoms with E-state index in [0.29, 0.717) is 42.7 Å². The highest BCUT2D eigenvalue weighted by molar-refractivity contribution is 7.80. The molecule has 0 bridgehead atoms. The molecule has 27 heavy (non-hydrogen) atoms. The number of likely N-dealkylation sites (N-methyl/N-ethyl adjacent to an activating group) is 1. The number of hydrogen-bond acceptors (Lipinski definition) is 5. The van der Waals surface area contributed by atoms with Crippen LogP contribution in [0.1, 0.15) is 6.92 Å². The third-order valence-electron chi connectivity index (χ3n) is 4.37. The molecule has 1 aromatic rings. The Hall–Kier alpha value is -2.20. The van der Waals surface area contributed by atoms with Crippen molar-refractivity contribution in [2.45, 2.75) is 13.0 Å². The summed E-state index contributed by atoms with van der Waals surface area (Å²) < 4.78 is 25.1. The van der Waals surface area contributed by atoms with E-state index < -0.39 is 18.0 Å². The number of hydrogen-bond donors (Lipinski definition) is 1. The van der Waals surface area contributed by atoms with Crippen LogP contribution in [0, 0.1) is 5.82 Å². The van der Waals surface area contributed by atoms with E-state index in [-0.39, 0.29) is 5.17 Å². The van der Waals surface area contributed by atoms with Gasteiger partial charge in [0.05, 0.1) is 31.1 Å². The third-order valence-corrected chi connectivity index (χ3v) is 5.17. The molecule has 2 aliphatic heterocycles. The molecule has 146 valence electrons. The zero-order valence-corrected chi connectivity index (χ0v) is 16.7. The number of nitrogens with zero attached hydrogens (tertiary/aromatic N) is 3. The van der Waals surface area contributed by atoms with Gasteiger partial charge in [-0.05, 0) is 49.6 Å². The number of cyclic esters (lactones) is 1. The summed E-state index contributed by atoms with van der Waals surface area (Å²) in [7, 11) is 1.88. The van der Waals surface area contributed by atoms with Gasteiger partial charge in [-0.1, -0.05) is 0 Å². The van der Waals surface area contributed by atoms with Crippen molar-refractivity contribution in [2.24, 2.45) is 0 Å². The van der Waals surface area contributed by atoms with E-state index in [1.54, 1.807) is 17.0 Å². The van der Waals surface area contributed by atoms with Gasteiger partial charge in [0, 0.05) is 20.1 Å². The lowest BCUT2D eigenvalue weighted by atomic mass is 10.2. The highest BCUT2D eigenvalue weighted by Crippen LogP contribution is 2.29. The molecule has 1 amide bonds. The minimum absolute atomic E-state index is 0.258. The zero-order chi connectivity index (χ0) is 19.6. The number of thiocarbonyl (C=S) groups is 2. The fourth-order valence-corrected chi connectivity index (χ4v) is 3.45. The smallest absolute Gasteiger partial charge is 0.414 e. The summed E-state index contributed by atoms with van der Waals surface area (Å²) in [5.74, 6) is -0.433. The van der Waals surface area contributed by atoms with E-state index >= 15 is 0 Å². The predicted octanol–water partition coefficient (Wildman–Crippen LogP) is 2.10. The van der Waals surface area contributed by atoms with Crippen LogP contribution >= 0.6 is 24.4 Å². The van der Waals surface area contributed by atoms with Crippen molar-refractivity contribution in [1.29, 1.82) is 0 Å². The van der Waals surface area contributed by atoms with Gasteiger partial charge in [-0.25, -0.2) is 9.18 Å². The van der Waals surface area contributed by atoms with Gasteiger partial charge >= 0.3 is 6.09 Å². The van der Waals surface area contributed by atoms with Crippen molar-refractivity contribution in [2.75, 3.05) is 49.6 Å². The van der Waals surface area contributed by atoms with Crippen molar-refractivity contribution in [3.05, 3.63) is 24.0 Å². The molecule has 7 nitrogen and oxygen atoms in total. The molecule has 3 rings (SSSR count). The summed E-state index contributed by atoms with van der Waals surface area (Å²) in [5, 5.41) is 3.73. The van der Waals surface area contributed by atoms with E-state index in [2.05, 4.69) is 5.32 Å². The van der Waals surface area contributed by atoms with Gasteiger partial charge in [0.2, 0.25) is 0 Å². The number of carbonyl (C=O) groups excluding carboxylic acids is 1. The molecule has 1 atom stereocenters. The van der Waals surface area contributed by atoms with Crippen LogP contribution < -0.4 is 15.1 Å². The number of ether oxygens (including phenoxy) is 2. The van der Waals surface area contributed by atoms with Crippen molar-refractivity contribution in [3.63, 3.8) is 0 Å². The lowest BCUT2D eigenvalue weighted by Gasteiger charge is -2.21. The maximum Gasteiger partial charge on any atom is 0.414 e. The molecule has 2 heterocycles. The van der Waals surface area contributed by atoms with Gasteiger partial charge in [-0.15, -0.1) is 0 Å². The van der Waals surface area contributed by atoms with Gasteiger partial charge in [0.25, 0.3) is 5.17 Å². The summed E-state index contributed by atoms with van der Waals surface area (Å²) in [6.45, 7) is 4.29. The first-order valence-electron chi connectivity index (χ1n) is 8.61. The summed E-state index contributed by atoms with van der Waals surface area (Å²) in [5.41, 5.74) is 0.843. The average Bonchev–Trinajstić information content (AvgIpc) is 3.16. The lowest BCUT2D eigenvalue weighted by Crippen LogP contribution is -2.34. The van der Waals surface area contributed by atoms with Gasteiger partial charge in [0.15, 0.2) is 5.11 Å². The Morgan fingerprint density at radius 3 is 2.81 bits per heavy atom. The summed E-state index contributed by atoms with van der Waals surface area (Å²) in [6, 6.07) is 4.67. The second-order valence-corrected chi connectivity index (χ2v) is 6.95. The van der Waals surface area contributed by atoms with Crippen LogP contribution in [0.3, 0.4) is 0 Å². The van der Waals surface area contributed by atoms with Crippen molar-refractivity contribution in [3.8, 4) is 0 Å². The fraction of sp³-hybridized carbons (Fsp3) is 0.471. The number of carbonyl (C=O) groups is 1. The quantitative estimate of drug-likeness (QED) is 0.738. The van der Waals surface area contributed by atoms with Crippen LogP contribution in [0.25, 0.3) is 0 Å². The molecule has 2 saturated heterocycles. The number of rotatable bonds is 5. The Morgan fingerprint density at radius 2 is 2.19 bits per heavy atom. The molecular weight excluding hydrogens is 391 g/mol. The predicted molar refractivity (Wildman–Crippen MR) is 109 cm³/mol. The Bertz CT molecular complexity index is 764. The molecule has 0 spiro atoms. The number of anilines is 2. The van der Waals surface area contributed by atoms with Crippen molar-refractivity contribution >= 4 is 52.2 Å². The lowest BCUT2D eigenvalue weighted by molar-refractivity contribution is 0.141. The number of halogens is 1. The standard InChI is InChI=1S/C17H21FN4O3S2/c1-3-24-15(26)19-9-12-10-22(17(23)25-12)11-4-5-14(13(18)8-11)21-7-6-20(2)16(21)27/h4-5,8,12H,3,6-7,9-10H2,1-2H3,(H,19,26)/t12-/m0/s1. The molecule has 0 saturated carbocycles. The molecule has 0 radical (unpaired) electrons. The molecule has 0 aromatic heterocycles. The molecule has 1 N–H and O–H groups in total. The maximum absolute atomic E-state index is 14.7. The van der Waals surface area contributed by atoms with Gasteiger partial charge in [-0.3, -0.25) is 4.90 Å². The Kier molecular flexibility index (Phi) is 5.95. The van der Waals surface area contributed by atoms with Gasteiger partial charge < -0.3 is 24.6 Å². The number of benzene rings is 1. The van der Waals surface area contributed by atoms with Crippen LogP contribution in [0.2, 0.25) is 0 Å². The first-order chi connectivity index (χ1) is 12.9. The topological polar surface area (TPSA) is 57.3 Å². The monoisotopic (exact) mass is 412 g/mol. The third kappa shape index (κ3) is 4.22. The zero-order valence-electron chi connectivity index (χ0n) is 15.1. The van der Waals surface area contributed by atoms with Gasteiger partial charge in [0.1, 0.15) is 11.9 Å². The first-order valence-corrected chi connectivity index (χ1v) is 9.43. The van der Waals surface area contributed by atoms with Crippen LogP contribution in [0.4, 0.5) is 20.6 Å². The first kappa shape index (κ1) is 19.6. The number of nitrogens with one attached hydrogen (secondary N) is 1. The normalized spacial score (nSPS) is 19.5. The van der Waals surface area contributed by atoms with Crippen molar-refractivity contribution < 1.29 is 18.7 Å². The van der Waals surface area contributed by atoms with E-state index in [9.17, 15) is 9.18 Å². The van der Waals surface area contributed by atoms with E-state index in [0.717, 1.165) is 6.54 Å². The van der Waals surface area contributed by atoms with Crippen LogP contribution in [-0.2, 0) is 9.47 Å². The molecule has 10 heteroatoms. The molecular formula is C17H21FN4O3S2. The van der Waals surface area contributed by atoms with Crippen LogP contribution in [0.5, 0.6) is 0 Å². The van der Waals surface area contributed by atoms with Gasteiger partial charge in [-0.2, -0.15) is 0 Å². The summed E-state index contributed by atoms with van der Waals surface area (Å²) >= 11 is 10.3. The molecule has 1 aromatic carbocycles. The van der Waals surface area contributed by atoms with E-state index in [1.165, 1.54) is 11.0 Å². The fourth-order valence-electron chi connectivity index (χ4n) is 2.97. The second kappa shape index (κ2) is 8.22. The number of amides is 1. The van der Waals surface area contributed by atoms with E-state index in [4.69, 9.17) is 33.9 Å². The molecule has 0 unspecified atom stereocenters. The maximum atomic E-state index is 14.7. The van der Waals surface area contributed by atoms with Crippen LogP contribution in [-0.4, -0.2) is 67.2 Å². The summed E-state index contributed by atoms with van der Waals surface area (Å²) in [4.78, 5) is 17.2. The Morgan fingerprint density at radius 1 is 1.41 bits per heavy atom. The molecule has 0 aliphatic carbocycles. The van der Waals surface area contributed by atoms with Crippen LogP contribution in [0.15, 0.2) is 18.2 Å². The molecule has 2 aliphatic rings. The summed E-state index contributed by atoms with van der Waals surface area (Å²) in [6.07, 6.45) is -0.925. The Balaban J connectivity index is 1.66. The second-order valence-electron chi connectivity index (χ2n) is 6.21. The van der Waals surface area contributed by atoms with Crippen molar-refractivity contribution in [1.82, 2.24) is 10.2 Å². The highest BCUT2D eigenvalue weighted by Gasteiger charge is 2.33. The highest BCUT2D eigenvalue weighted by atomic mass is 32.1. The minimum atomic E-state index is -0.521. The minimum Gasteiger partial charge on any atom is -0.471 e. The SMILES string of the molecule is CCOC(=S)NC[C@H]1CN(c2ccc(N3CCN(C)C3=S)c(F)c2)C(=O)O1. The van der Waals surface area contributed by atoms with E-state index in [1.807, 2.05) is 18.9 Å². The average molecular weight is 413 g/mol.